The monoisotopic (exact) mass is 576 g/mol. The number of carbonyl (C=O) groups excluding carboxylic acids is 1. The Kier molecular flexibility index (Phi) is 8.36. The number of nitrogens with zero attached hydrogens (tertiary/aromatic N) is 6. The van der Waals surface area contributed by atoms with Gasteiger partial charge >= 0.3 is 0 Å². The molecule has 1 amide bonds. The molecule has 11 heteroatoms. The van der Waals surface area contributed by atoms with Crippen molar-refractivity contribution < 1.29 is 18.0 Å². The van der Waals surface area contributed by atoms with Gasteiger partial charge in [0.05, 0.1) is 10.6 Å². The summed E-state index contributed by atoms with van der Waals surface area (Å²) in [6.07, 6.45) is 3.28. The van der Waals surface area contributed by atoms with Crippen molar-refractivity contribution in [3.8, 4) is 17.1 Å². The lowest BCUT2D eigenvalue weighted by atomic mass is 10.0. The lowest BCUT2D eigenvalue weighted by molar-refractivity contribution is 0.0961. The Morgan fingerprint density at radius 2 is 1.88 bits per heavy atom. The second-order valence-corrected chi connectivity index (χ2v) is 10.7. The number of benzene rings is 2. The molecule has 2 aromatic carbocycles. The predicted molar refractivity (Wildman–Crippen MR) is 154 cm³/mol. The number of thiophene rings is 1. The Bertz CT molecular complexity index is 1630. The van der Waals surface area contributed by atoms with Crippen molar-refractivity contribution in [2.24, 2.45) is 0 Å². The Hall–Kier alpha value is -4.22. The number of likely N-dealkylation sites (tertiary alicyclic amines) is 1. The summed E-state index contributed by atoms with van der Waals surface area (Å²) in [4.78, 5) is 18.3. The molecule has 0 radical (unpaired) electrons. The molecule has 1 fully saturated rings. The van der Waals surface area contributed by atoms with Crippen LogP contribution in [0.15, 0.2) is 76.7 Å². The van der Waals surface area contributed by atoms with Crippen LogP contribution in [-0.4, -0.2) is 49.9 Å². The van der Waals surface area contributed by atoms with Crippen LogP contribution in [0.25, 0.3) is 17.1 Å². The highest BCUT2D eigenvalue weighted by Crippen LogP contribution is 2.28. The third-order valence-corrected chi connectivity index (χ3v) is 7.83. The molecule has 0 N–H and O–H groups in total. The van der Waals surface area contributed by atoms with Crippen LogP contribution in [0.3, 0.4) is 0 Å². The molecule has 0 saturated carbocycles. The second kappa shape index (κ2) is 12.1. The third kappa shape index (κ3) is 6.10. The topological polar surface area (TPSA) is 80.3 Å². The van der Waals surface area contributed by atoms with Gasteiger partial charge in [-0.25, -0.2) is 13.5 Å². The number of hydrogen-bond donors (Lipinski definition) is 0. The van der Waals surface area contributed by atoms with Crippen LogP contribution in [0.2, 0.25) is 0 Å². The SMILES string of the molecule is C.Cc1nnc(-c2cccc(-n3ccc(N(C(=O)c4cccs4)C4CCN(Cc5ccc(F)c(F)c5)CC4)n3)c2)o1. The minimum Gasteiger partial charge on any atom is -0.421 e. The van der Waals surface area contributed by atoms with Crippen molar-refractivity contribution in [3.05, 3.63) is 100 Å². The predicted octanol–water partition coefficient (Wildman–Crippen LogP) is 6.52. The van der Waals surface area contributed by atoms with Gasteiger partial charge in [0, 0.05) is 50.4 Å². The van der Waals surface area contributed by atoms with Gasteiger partial charge in [-0.15, -0.1) is 26.6 Å². The van der Waals surface area contributed by atoms with Gasteiger partial charge in [0.25, 0.3) is 5.91 Å². The summed E-state index contributed by atoms with van der Waals surface area (Å²) in [5, 5.41) is 14.7. The Morgan fingerprint density at radius 1 is 1.05 bits per heavy atom. The van der Waals surface area contributed by atoms with E-state index in [1.54, 1.807) is 22.6 Å². The summed E-state index contributed by atoms with van der Waals surface area (Å²) >= 11 is 1.40. The molecule has 5 aromatic rings. The highest BCUT2D eigenvalue weighted by Gasteiger charge is 2.32. The zero-order valence-corrected chi connectivity index (χ0v) is 22.5. The Labute approximate surface area is 240 Å². The average Bonchev–Trinajstić information content (AvgIpc) is 3.75. The first-order valence-electron chi connectivity index (χ1n) is 12.9. The van der Waals surface area contributed by atoms with Crippen molar-refractivity contribution >= 4 is 23.1 Å². The number of rotatable bonds is 7. The number of amides is 1. The fourth-order valence-electron chi connectivity index (χ4n) is 4.99. The van der Waals surface area contributed by atoms with Gasteiger partial charge < -0.3 is 4.42 Å². The quantitative estimate of drug-likeness (QED) is 0.220. The van der Waals surface area contributed by atoms with Crippen molar-refractivity contribution in [1.82, 2.24) is 24.9 Å². The number of piperidine rings is 1. The molecule has 0 unspecified atom stereocenters. The van der Waals surface area contributed by atoms with Gasteiger partial charge in [0.1, 0.15) is 0 Å². The number of aryl methyl sites for hydroxylation is 1. The van der Waals surface area contributed by atoms with E-state index in [4.69, 9.17) is 9.52 Å². The maximum Gasteiger partial charge on any atom is 0.269 e. The van der Waals surface area contributed by atoms with Gasteiger partial charge in [-0.2, -0.15) is 0 Å². The van der Waals surface area contributed by atoms with Crippen molar-refractivity contribution in [2.75, 3.05) is 18.0 Å². The van der Waals surface area contributed by atoms with Crippen LogP contribution in [0.4, 0.5) is 14.6 Å². The molecule has 212 valence electrons. The van der Waals surface area contributed by atoms with Crippen LogP contribution in [0.5, 0.6) is 0 Å². The maximum absolute atomic E-state index is 13.7. The first-order chi connectivity index (χ1) is 19.4. The highest BCUT2D eigenvalue weighted by molar-refractivity contribution is 7.12. The Balaban J connectivity index is 0.00000337. The summed E-state index contributed by atoms with van der Waals surface area (Å²) in [5.74, 6) is -0.294. The molecule has 3 aromatic heterocycles. The lowest BCUT2D eigenvalue weighted by Crippen LogP contribution is -2.47. The minimum absolute atomic E-state index is 0. The molecule has 1 saturated heterocycles. The molecule has 4 heterocycles. The number of carbonyl (C=O) groups is 1. The molecule has 0 aliphatic carbocycles. The normalized spacial score (nSPS) is 14.1. The average molecular weight is 577 g/mol. The number of anilines is 1. The zero-order chi connectivity index (χ0) is 27.6. The molecule has 0 spiro atoms. The molecular formula is C30H30F2N6O2S. The summed E-state index contributed by atoms with van der Waals surface area (Å²) in [5.41, 5.74) is 2.29. The second-order valence-electron chi connectivity index (χ2n) is 9.70. The molecule has 0 atom stereocenters. The van der Waals surface area contributed by atoms with Crippen molar-refractivity contribution in [1.29, 1.82) is 0 Å². The molecule has 0 bridgehead atoms. The van der Waals surface area contributed by atoms with E-state index >= 15 is 0 Å². The van der Waals surface area contributed by atoms with Crippen LogP contribution in [0, 0.1) is 18.6 Å². The summed E-state index contributed by atoms with van der Waals surface area (Å²) in [6, 6.07) is 17.1. The van der Waals surface area contributed by atoms with Gasteiger partial charge in [0.15, 0.2) is 17.5 Å². The Morgan fingerprint density at radius 3 is 2.59 bits per heavy atom. The molecule has 1 aliphatic heterocycles. The fourth-order valence-corrected chi connectivity index (χ4v) is 5.65. The van der Waals surface area contributed by atoms with Gasteiger partial charge in [0.2, 0.25) is 11.8 Å². The summed E-state index contributed by atoms with van der Waals surface area (Å²) < 4.78 is 34.3. The van der Waals surface area contributed by atoms with Crippen LogP contribution in [0.1, 0.15) is 41.4 Å². The van der Waals surface area contributed by atoms with E-state index in [0.29, 0.717) is 42.1 Å². The van der Waals surface area contributed by atoms with Crippen LogP contribution in [-0.2, 0) is 6.54 Å². The zero-order valence-electron chi connectivity index (χ0n) is 21.7. The minimum atomic E-state index is -0.846. The van der Waals surface area contributed by atoms with E-state index in [-0.39, 0.29) is 19.4 Å². The lowest BCUT2D eigenvalue weighted by Gasteiger charge is -2.37. The van der Waals surface area contributed by atoms with E-state index in [0.717, 1.165) is 35.7 Å². The summed E-state index contributed by atoms with van der Waals surface area (Å²) in [7, 11) is 0. The first-order valence-corrected chi connectivity index (χ1v) is 13.8. The van der Waals surface area contributed by atoms with Crippen molar-refractivity contribution in [2.45, 2.75) is 39.8 Å². The van der Waals surface area contributed by atoms with E-state index in [9.17, 15) is 13.6 Å². The maximum atomic E-state index is 13.7. The van der Waals surface area contributed by atoms with Crippen LogP contribution >= 0.6 is 11.3 Å². The number of hydrogen-bond acceptors (Lipinski definition) is 7. The fraction of sp³-hybridized carbons (Fsp3) is 0.267. The van der Waals surface area contributed by atoms with Gasteiger partial charge in [-0.3, -0.25) is 14.6 Å². The molecule has 41 heavy (non-hydrogen) atoms. The van der Waals surface area contributed by atoms with Gasteiger partial charge in [-0.05, 0) is 60.2 Å². The molecular weight excluding hydrogens is 546 g/mol. The third-order valence-electron chi connectivity index (χ3n) is 6.97. The standard InChI is InChI=1S/C29H26F2N6O2S.CH4/c1-19-32-33-28(39-19)21-4-2-5-23(17-21)36-14-11-27(34-36)37(29(38)26-6-3-15-40-26)22-9-12-35(13-10-22)18-20-7-8-24(30)25(31)16-20;/h2-8,11,14-17,22H,9-10,12-13,18H2,1H3;1H4. The van der Waals surface area contributed by atoms with E-state index in [1.807, 2.05) is 54.0 Å². The molecule has 6 rings (SSSR count). The summed E-state index contributed by atoms with van der Waals surface area (Å²) in [6.45, 7) is 3.69. The van der Waals surface area contributed by atoms with E-state index in [2.05, 4.69) is 15.1 Å². The highest BCUT2D eigenvalue weighted by atomic mass is 32.1. The van der Waals surface area contributed by atoms with E-state index < -0.39 is 11.6 Å². The smallest absolute Gasteiger partial charge is 0.269 e. The first kappa shape index (κ1) is 28.3. The van der Waals surface area contributed by atoms with Crippen LogP contribution < -0.4 is 4.90 Å². The molecule has 1 aliphatic rings. The number of halogens is 2. The largest absolute Gasteiger partial charge is 0.421 e. The number of aromatic nitrogens is 4. The van der Waals surface area contributed by atoms with Gasteiger partial charge in [-0.1, -0.05) is 25.6 Å². The molecule has 8 nitrogen and oxygen atoms in total. The van der Waals surface area contributed by atoms with Crippen molar-refractivity contribution in [3.63, 3.8) is 0 Å². The van der Waals surface area contributed by atoms with E-state index in [1.165, 1.54) is 17.4 Å².